The highest BCUT2D eigenvalue weighted by atomic mass is 16.5. The number of carbonyl (C=O) groups is 2. The number of para-hydroxylation sites is 2. The van der Waals surface area contributed by atoms with E-state index in [1.165, 1.54) is 0 Å². The highest BCUT2D eigenvalue weighted by Crippen LogP contribution is 2.23. The molecule has 0 fully saturated rings. The van der Waals surface area contributed by atoms with Crippen LogP contribution in [0.2, 0.25) is 0 Å². The van der Waals surface area contributed by atoms with Crippen LogP contribution >= 0.6 is 0 Å². The summed E-state index contributed by atoms with van der Waals surface area (Å²) >= 11 is 0. The molecule has 2 aromatic carbocycles. The normalized spacial score (nSPS) is 11.4. The maximum absolute atomic E-state index is 12.4. The summed E-state index contributed by atoms with van der Waals surface area (Å²) in [5, 5.41) is 5.71. The van der Waals surface area contributed by atoms with E-state index in [9.17, 15) is 9.59 Å². The van der Waals surface area contributed by atoms with Crippen molar-refractivity contribution in [3.63, 3.8) is 0 Å². The second kappa shape index (κ2) is 10.9. The molecule has 0 aliphatic heterocycles. The molecular weight excluding hydrogens is 358 g/mol. The molecule has 0 saturated carbocycles. The third-order valence-electron chi connectivity index (χ3n) is 4.16. The van der Waals surface area contributed by atoms with Gasteiger partial charge in [0.2, 0.25) is 0 Å². The van der Waals surface area contributed by atoms with E-state index >= 15 is 0 Å². The smallest absolute Gasteiger partial charge is 0.279 e. The average molecular weight is 386 g/mol. The lowest BCUT2D eigenvalue weighted by molar-refractivity contribution is -0.881. The minimum Gasteiger partial charge on any atom is -0.497 e. The van der Waals surface area contributed by atoms with Gasteiger partial charge in [0.1, 0.15) is 11.5 Å². The molecule has 2 amide bonds. The van der Waals surface area contributed by atoms with Crippen LogP contribution in [0.3, 0.4) is 0 Å². The molecule has 28 heavy (non-hydrogen) atoms. The lowest BCUT2D eigenvalue weighted by Gasteiger charge is -2.17. The van der Waals surface area contributed by atoms with Crippen LogP contribution in [-0.2, 0) is 9.59 Å². The van der Waals surface area contributed by atoms with Gasteiger partial charge in [-0.2, -0.15) is 0 Å². The Morgan fingerprint density at radius 3 is 2.18 bits per heavy atom. The number of anilines is 2. The number of quaternary nitrogens is 1. The van der Waals surface area contributed by atoms with Gasteiger partial charge >= 0.3 is 0 Å². The van der Waals surface area contributed by atoms with Crippen LogP contribution in [0.1, 0.15) is 13.8 Å². The van der Waals surface area contributed by atoms with E-state index in [-0.39, 0.29) is 24.9 Å². The third-order valence-corrected chi connectivity index (χ3v) is 4.16. The Morgan fingerprint density at radius 2 is 1.57 bits per heavy atom. The van der Waals surface area contributed by atoms with Crippen LogP contribution in [0.5, 0.6) is 11.5 Å². The minimum absolute atomic E-state index is 0.149. The van der Waals surface area contributed by atoms with E-state index in [0.29, 0.717) is 30.3 Å². The number of hydrogen-bond acceptors (Lipinski definition) is 4. The standard InChI is InChI=1S/C21H27N3O4/c1-4-24(14-20(25)22-16-10-12-17(27-3)13-11-16)15-21(26)23-18-8-6-7-9-19(18)28-5-2/h6-13H,4-5,14-15H2,1-3H3,(H,22,25)(H,23,26)/p+1. The second-order valence-corrected chi connectivity index (χ2v) is 6.21. The van der Waals surface area contributed by atoms with E-state index in [1.54, 1.807) is 37.4 Å². The van der Waals surface area contributed by atoms with Gasteiger partial charge in [-0.1, -0.05) is 12.1 Å². The molecule has 3 N–H and O–H groups in total. The molecule has 0 aliphatic rings. The summed E-state index contributed by atoms with van der Waals surface area (Å²) in [6.07, 6.45) is 0. The maximum Gasteiger partial charge on any atom is 0.279 e. The van der Waals surface area contributed by atoms with E-state index in [0.717, 1.165) is 10.6 Å². The van der Waals surface area contributed by atoms with Crippen molar-refractivity contribution in [2.75, 3.05) is 44.0 Å². The largest absolute Gasteiger partial charge is 0.497 e. The fourth-order valence-electron chi connectivity index (χ4n) is 2.69. The van der Waals surface area contributed by atoms with Gasteiger partial charge in [0.05, 0.1) is 25.9 Å². The molecular formula is C21H28N3O4+. The Balaban J connectivity index is 1.88. The van der Waals surface area contributed by atoms with Gasteiger partial charge in [-0.05, 0) is 50.2 Å². The van der Waals surface area contributed by atoms with Gasteiger partial charge in [0.25, 0.3) is 11.8 Å². The van der Waals surface area contributed by atoms with Crippen LogP contribution in [0, 0.1) is 0 Å². The van der Waals surface area contributed by atoms with Gasteiger partial charge in [-0.15, -0.1) is 0 Å². The summed E-state index contributed by atoms with van der Waals surface area (Å²) in [6.45, 7) is 5.39. The van der Waals surface area contributed by atoms with Crippen molar-refractivity contribution in [1.29, 1.82) is 0 Å². The van der Waals surface area contributed by atoms with Crippen molar-refractivity contribution in [2.24, 2.45) is 0 Å². The third kappa shape index (κ3) is 6.59. The van der Waals surface area contributed by atoms with Gasteiger partial charge in [-0.3, -0.25) is 9.59 Å². The fourth-order valence-corrected chi connectivity index (χ4v) is 2.69. The first-order chi connectivity index (χ1) is 13.5. The summed E-state index contributed by atoms with van der Waals surface area (Å²) in [6, 6.07) is 14.4. The van der Waals surface area contributed by atoms with Crippen molar-refractivity contribution in [3.8, 4) is 11.5 Å². The fraction of sp³-hybridized carbons (Fsp3) is 0.333. The van der Waals surface area contributed by atoms with Crippen LogP contribution in [0.25, 0.3) is 0 Å². The molecule has 2 aromatic rings. The number of carbonyl (C=O) groups excluding carboxylic acids is 2. The number of benzene rings is 2. The zero-order chi connectivity index (χ0) is 20.4. The van der Waals surface area contributed by atoms with Crippen molar-refractivity contribution in [1.82, 2.24) is 0 Å². The molecule has 7 heteroatoms. The van der Waals surface area contributed by atoms with Gasteiger partial charge < -0.3 is 25.0 Å². The van der Waals surface area contributed by atoms with E-state index < -0.39 is 0 Å². The Labute approximate surface area is 165 Å². The zero-order valence-corrected chi connectivity index (χ0v) is 16.6. The van der Waals surface area contributed by atoms with E-state index in [4.69, 9.17) is 9.47 Å². The van der Waals surface area contributed by atoms with Crippen molar-refractivity contribution >= 4 is 23.2 Å². The van der Waals surface area contributed by atoms with Gasteiger partial charge in [0, 0.05) is 5.69 Å². The topological polar surface area (TPSA) is 81.1 Å². The lowest BCUT2D eigenvalue weighted by atomic mass is 10.3. The molecule has 150 valence electrons. The summed E-state index contributed by atoms with van der Waals surface area (Å²) in [7, 11) is 1.59. The van der Waals surface area contributed by atoms with Gasteiger partial charge in [0.15, 0.2) is 13.1 Å². The molecule has 0 bridgehead atoms. The Kier molecular flexibility index (Phi) is 8.30. The van der Waals surface area contributed by atoms with Crippen molar-refractivity contribution in [3.05, 3.63) is 48.5 Å². The van der Waals surface area contributed by atoms with Crippen molar-refractivity contribution < 1.29 is 24.0 Å². The summed E-state index contributed by atoms with van der Waals surface area (Å²) in [5.41, 5.74) is 1.32. The number of methoxy groups -OCH3 is 1. The molecule has 1 atom stereocenters. The molecule has 7 nitrogen and oxygen atoms in total. The van der Waals surface area contributed by atoms with Crippen molar-refractivity contribution in [2.45, 2.75) is 13.8 Å². The Morgan fingerprint density at radius 1 is 0.929 bits per heavy atom. The summed E-state index contributed by atoms with van der Waals surface area (Å²) in [5.74, 6) is 1.04. The van der Waals surface area contributed by atoms with E-state index in [1.807, 2.05) is 32.0 Å². The molecule has 0 radical (unpaired) electrons. The quantitative estimate of drug-likeness (QED) is 0.579. The average Bonchev–Trinajstić information content (AvgIpc) is 2.69. The Hall–Kier alpha value is -3.06. The number of ether oxygens (including phenoxy) is 2. The van der Waals surface area contributed by atoms with E-state index in [2.05, 4.69) is 10.6 Å². The highest BCUT2D eigenvalue weighted by Gasteiger charge is 2.18. The number of rotatable bonds is 10. The highest BCUT2D eigenvalue weighted by molar-refractivity contribution is 5.94. The SMILES string of the molecule is CCOc1ccccc1NC(=O)C[NH+](CC)CC(=O)Nc1ccc(OC)cc1. The first-order valence-electron chi connectivity index (χ1n) is 9.34. The number of nitrogens with one attached hydrogen (secondary N) is 3. The van der Waals surface area contributed by atoms with Crippen LogP contribution in [-0.4, -0.2) is 45.2 Å². The zero-order valence-electron chi connectivity index (χ0n) is 16.6. The monoisotopic (exact) mass is 386 g/mol. The number of amides is 2. The first-order valence-corrected chi connectivity index (χ1v) is 9.34. The van der Waals surface area contributed by atoms with Crippen LogP contribution in [0.4, 0.5) is 11.4 Å². The molecule has 1 unspecified atom stereocenters. The number of likely N-dealkylation sites (N-methyl/N-ethyl adjacent to an activating group) is 1. The summed E-state index contributed by atoms with van der Waals surface area (Å²) in [4.78, 5) is 25.6. The first kappa shape index (κ1) is 21.2. The number of hydrogen-bond donors (Lipinski definition) is 3. The predicted octanol–water partition coefficient (Wildman–Crippen LogP) is 1.58. The molecule has 0 aliphatic carbocycles. The Bertz CT molecular complexity index is 777. The molecule has 0 saturated heterocycles. The minimum atomic E-state index is -0.166. The maximum atomic E-state index is 12.4. The molecule has 0 aromatic heterocycles. The predicted molar refractivity (Wildman–Crippen MR) is 109 cm³/mol. The lowest BCUT2D eigenvalue weighted by Crippen LogP contribution is -3.13. The van der Waals surface area contributed by atoms with Crippen LogP contribution in [0.15, 0.2) is 48.5 Å². The second-order valence-electron chi connectivity index (χ2n) is 6.21. The molecule has 0 heterocycles. The van der Waals surface area contributed by atoms with Gasteiger partial charge in [-0.25, -0.2) is 0 Å². The van der Waals surface area contributed by atoms with Crippen LogP contribution < -0.4 is 25.0 Å². The molecule has 2 rings (SSSR count). The molecule has 0 spiro atoms. The summed E-state index contributed by atoms with van der Waals surface area (Å²) < 4.78 is 10.6.